The number of thioether (sulfide) groups is 1. The number of rotatable bonds is 5. The molecule has 27 heavy (non-hydrogen) atoms. The zero-order valence-corrected chi connectivity index (χ0v) is 18.1. The number of imide groups is 1. The van der Waals surface area contributed by atoms with Gasteiger partial charge in [-0.3, -0.25) is 9.59 Å². The van der Waals surface area contributed by atoms with Crippen LogP contribution >= 0.6 is 45.7 Å². The fourth-order valence-electron chi connectivity index (χ4n) is 2.89. The van der Waals surface area contributed by atoms with Crippen LogP contribution in [0.5, 0.6) is 5.75 Å². The van der Waals surface area contributed by atoms with E-state index in [0.29, 0.717) is 12.3 Å². The monoisotopic (exact) mass is 510 g/mol. The van der Waals surface area contributed by atoms with Gasteiger partial charge in [0.05, 0.1) is 22.5 Å². The average molecular weight is 510 g/mol. The van der Waals surface area contributed by atoms with Gasteiger partial charge in [0.1, 0.15) is 11.0 Å². The largest absolute Gasteiger partial charge is 0.494 e. The van der Waals surface area contributed by atoms with E-state index in [0.717, 1.165) is 23.9 Å². The Morgan fingerprint density at radius 2 is 2.11 bits per heavy atom. The summed E-state index contributed by atoms with van der Waals surface area (Å²) in [5.41, 5.74) is 1.53. The number of thiazole rings is 1. The van der Waals surface area contributed by atoms with E-state index in [-0.39, 0.29) is 18.2 Å². The van der Waals surface area contributed by atoms with Crippen LogP contribution in [0.15, 0.2) is 46.8 Å². The van der Waals surface area contributed by atoms with Gasteiger partial charge in [-0.05, 0) is 59.8 Å². The fraction of sp³-hybridized carbons (Fsp3) is 0.211. The number of para-hydroxylation sites is 1. The molecular weight excluding hydrogens is 495 g/mol. The molecule has 1 aliphatic heterocycles. The summed E-state index contributed by atoms with van der Waals surface area (Å²) in [6.45, 7) is 2.55. The van der Waals surface area contributed by atoms with Gasteiger partial charge < -0.3 is 4.74 Å². The van der Waals surface area contributed by atoms with Crippen LogP contribution in [0.3, 0.4) is 0 Å². The molecule has 0 saturated carbocycles. The fourth-order valence-corrected chi connectivity index (χ4v) is 5.89. The van der Waals surface area contributed by atoms with E-state index in [4.69, 9.17) is 4.74 Å². The first-order chi connectivity index (χ1) is 13.1. The minimum absolute atomic E-state index is 0.165. The highest BCUT2D eigenvalue weighted by Crippen LogP contribution is 2.39. The molecule has 3 aromatic rings. The van der Waals surface area contributed by atoms with E-state index < -0.39 is 5.25 Å². The van der Waals surface area contributed by atoms with Crippen molar-refractivity contribution in [1.82, 2.24) is 4.98 Å². The predicted octanol–water partition coefficient (Wildman–Crippen LogP) is 4.72. The Kier molecular flexibility index (Phi) is 5.38. The predicted molar refractivity (Wildman–Crippen MR) is 117 cm³/mol. The van der Waals surface area contributed by atoms with Crippen LogP contribution in [0.4, 0.5) is 5.69 Å². The molecule has 5 nitrogen and oxygen atoms in total. The number of carbonyl (C=O) groups is 2. The van der Waals surface area contributed by atoms with E-state index in [1.165, 1.54) is 28.0 Å². The van der Waals surface area contributed by atoms with Gasteiger partial charge in [-0.2, -0.15) is 0 Å². The first-order valence-electron chi connectivity index (χ1n) is 8.38. The van der Waals surface area contributed by atoms with Crippen LogP contribution in [-0.2, 0) is 9.59 Å². The van der Waals surface area contributed by atoms with Gasteiger partial charge in [0.25, 0.3) is 0 Å². The molecule has 4 rings (SSSR count). The number of hydrogen-bond donors (Lipinski definition) is 0. The lowest BCUT2D eigenvalue weighted by Crippen LogP contribution is -2.31. The van der Waals surface area contributed by atoms with Crippen molar-refractivity contribution in [2.75, 3.05) is 11.5 Å². The van der Waals surface area contributed by atoms with E-state index in [2.05, 4.69) is 27.6 Å². The lowest BCUT2D eigenvalue weighted by molar-refractivity contribution is -0.121. The molecule has 1 aromatic heterocycles. The zero-order chi connectivity index (χ0) is 19.0. The molecule has 0 spiro atoms. The highest BCUT2D eigenvalue weighted by Gasteiger charge is 2.41. The lowest BCUT2D eigenvalue weighted by atomic mass is 10.3. The Labute approximate surface area is 178 Å². The third-order valence-electron chi connectivity index (χ3n) is 4.09. The van der Waals surface area contributed by atoms with E-state index in [9.17, 15) is 9.59 Å². The molecule has 2 amide bonds. The number of anilines is 1. The summed E-state index contributed by atoms with van der Waals surface area (Å²) in [4.78, 5) is 31.2. The number of carbonyl (C=O) groups excluding carboxylic acids is 2. The van der Waals surface area contributed by atoms with Crippen molar-refractivity contribution < 1.29 is 14.3 Å². The van der Waals surface area contributed by atoms with Gasteiger partial charge in [-0.15, -0.1) is 11.3 Å². The molecule has 0 unspecified atom stereocenters. The molecule has 0 N–H and O–H groups in total. The smallest absolute Gasteiger partial charge is 0.247 e. The second-order valence-electron chi connectivity index (χ2n) is 5.87. The Morgan fingerprint density at radius 3 is 2.89 bits per heavy atom. The molecule has 2 heterocycles. The maximum absolute atomic E-state index is 12.9. The van der Waals surface area contributed by atoms with Gasteiger partial charge in [0.2, 0.25) is 11.8 Å². The molecule has 1 fully saturated rings. The van der Waals surface area contributed by atoms with Gasteiger partial charge in [-0.1, -0.05) is 23.9 Å². The molecular formula is C19H15IN2O3S2. The van der Waals surface area contributed by atoms with Crippen molar-refractivity contribution in [1.29, 1.82) is 0 Å². The summed E-state index contributed by atoms with van der Waals surface area (Å²) < 4.78 is 8.20. The maximum Gasteiger partial charge on any atom is 0.247 e. The molecule has 8 heteroatoms. The summed E-state index contributed by atoms with van der Waals surface area (Å²) in [5.74, 6) is 0.465. The molecule has 1 saturated heterocycles. The molecule has 0 bridgehead atoms. The third-order valence-corrected chi connectivity index (χ3v) is 7.30. The molecule has 1 aliphatic rings. The number of benzene rings is 2. The summed E-state index contributed by atoms with van der Waals surface area (Å²) >= 11 is 5.03. The summed E-state index contributed by atoms with van der Waals surface area (Å²) in [7, 11) is 0. The van der Waals surface area contributed by atoms with Gasteiger partial charge in [0, 0.05) is 9.99 Å². The number of aromatic nitrogens is 1. The van der Waals surface area contributed by atoms with Crippen molar-refractivity contribution in [2.45, 2.75) is 22.9 Å². The van der Waals surface area contributed by atoms with Crippen LogP contribution in [0, 0.1) is 3.57 Å². The average Bonchev–Trinajstić information content (AvgIpc) is 3.16. The number of nitrogens with zero attached hydrogens (tertiary/aromatic N) is 2. The van der Waals surface area contributed by atoms with Crippen LogP contribution < -0.4 is 9.64 Å². The molecule has 2 aromatic carbocycles. The molecule has 138 valence electrons. The lowest BCUT2D eigenvalue weighted by Gasteiger charge is -2.16. The van der Waals surface area contributed by atoms with Crippen LogP contribution in [0.2, 0.25) is 0 Å². The molecule has 0 aliphatic carbocycles. The van der Waals surface area contributed by atoms with Crippen molar-refractivity contribution >= 4 is 73.4 Å². The van der Waals surface area contributed by atoms with E-state index >= 15 is 0 Å². The van der Waals surface area contributed by atoms with Gasteiger partial charge in [0.15, 0.2) is 4.34 Å². The second kappa shape index (κ2) is 7.76. The maximum atomic E-state index is 12.9. The van der Waals surface area contributed by atoms with Crippen molar-refractivity contribution in [3.05, 3.63) is 46.0 Å². The van der Waals surface area contributed by atoms with E-state index in [1.54, 1.807) is 6.07 Å². The minimum atomic E-state index is -0.444. The summed E-state index contributed by atoms with van der Waals surface area (Å²) in [6, 6.07) is 13.2. The third kappa shape index (κ3) is 3.70. The van der Waals surface area contributed by atoms with Gasteiger partial charge in [-0.25, -0.2) is 9.88 Å². The quantitative estimate of drug-likeness (QED) is 0.367. The Hall–Kier alpha value is -1.65. The summed E-state index contributed by atoms with van der Waals surface area (Å²) in [6.07, 6.45) is 0.189. The second-order valence-corrected chi connectivity index (χ2v) is 9.51. The standard InChI is InChI=1S/C19H15IN2O3S2/c1-2-25-11-7-8-13-15(9-11)26-19(21-13)27-16-10-17(23)22(18(16)24)14-6-4-3-5-12(14)20/h3-9,16H,2,10H2,1H3/t16-/m0/s1. The Bertz CT molecular complexity index is 1040. The van der Waals surface area contributed by atoms with Crippen LogP contribution in [-0.4, -0.2) is 28.7 Å². The highest BCUT2D eigenvalue weighted by molar-refractivity contribution is 14.1. The number of ether oxygens (including phenoxy) is 1. The first kappa shape index (κ1) is 18.7. The topological polar surface area (TPSA) is 59.5 Å². The minimum Gasteiger partial charge on any atom is -0.494 e. The van der Waals surface area contributed by atoms with Crippen molar-refractivity contribution in [3.63, 3.8) is 0 Å². The molecule has 0 radical (unpaired) electrons. The van der Waals surface area contributed by atoms with Gasteiger partial charge >= 0.3 is 0 Å². The number of halogens is 1. The molecule has 1 atom stereocenters. The number of hydrogen-bond acceptors (Lipinski definition) is 6. The summed E-state index contributed by atoms with van der Waals surface area (Å²) in [5, 5.41) is -0.444. The number of fused-ring (bicyclic) bond motifs is 1. The van der Waals surface area contributed by atoms with Crippen LogP contribution in [0.1, 0.15) is 13.3 Å². The SMILES string of the molecule is CCOc1ccc2nc(S[C@H]3CC(=O)N(c4ccccc4I)C3=O)sc2c1. The van der Waals surface area contributed by atoms with E-state index in [1.807, 2.05) is 43.3 Å². The zero-order valence-electron chi connectivity index (χ0n) is 14.3. The Morgan fingerprint density at radius 1 is 1.30 bits per heavy atom. The number of amides is 2. The first-order valence-corrected chi connectivity index (χ1v) is 11.2. The van der Waals surface area contributed by atoms with Crippen LogP contribution in [0.25, 0.3) is 10.2 Å². The normalized spacial score (nSPS) is 17.1. The highest BCUT2D eigenvalue weighted by atomic mass is 127. The van der Waals surface area contributed by atoms with Crippen molar-refractivity contribution in [2.24, 2.45) is 0 Å². The van der Waals surface area contributed by atoms with Crippen molar-refractivity contribution in [3.8, 4) is 5.75 Å². The Balaban J connectivity index is 1.56.